The molecular formula is C15H26O2S2. The minimum atomic E-state index is -0.686. The lowest BCUT2D eigenvalue weighted by Crippen LogP contribution is -2.14. The number of rotatable bonds is 10. The van der Waals surface area contributed by atoms with E-state index in [9.17, 15) is 4.79 Å². The molecule has 2 nitrogen and oxygen atoms in total. The highest BCUT2D eigenvalue weighted by atomic mass is 32.2. The Hall–Kier alpha value is -0.0900. The van der Waals surface area contributed by atoms with Crippen LogP contribution in [0.4, 0.5) is 0 Å². The van der Waals surface area contributed by atoms with Crippen LogP contribution in [0.15, 0.2) is 12.2 Å². The van der Waals surface area contributed by atoms with Gasteiger partial charge in [0, 0.05) is 6.42 Å². The molecule has 2 atom stereocenters. The lowest BCUT2D eigenvalue weighted by atomic mass is 9.94. The van der Waals surface area contributed by atoms with E-state index in [1.165, 1.54) is 35.9 Å². The minimum Gasteiger partial charge on any atom is -0.481 e. The van der Waals surface area contributed by atoms with Crippen LogP contribution in [-0.2, 0) is 4.79 Å². The quantitative estimate of drug-likeness (QED) is 0.482. The molecule has 1 N–H and O–H groups in total. The number of unbranched alkanes of at least 4 members (excludes halogenated alkanes) is 1. The van der Waals surface area contributed by atoms with Crippen LogP contribution in [-0.4, -0.2) is 34.1 Å². The molecule has 0 spiro atoms. The van der Waals surface area contributed by atoms with E-state index in [-0.39, 0.29) is 0 Å². The van der Waals surface area contributed by atoms with Gasteiger partial charge in [-0.2, -0.15) is 23.5 Å². The number of carboxylic acids is 1. The van der Waals surface area contributed by atoms with Crippen LogP contribution in [0.25, 0.3) is 0 Å². The lowest BCUT2D eigenvalue weighted by Gasteiger charge is -2.16. The molecule has 0 bridgehead atoms. The molecule has 0 aliphatic carbocycles. The number of hydrogen-bond donors (Lipinski definition) is 1. The Bertz CT molecular complexity index is 279. The van der Waals surface area contributed by atoms with Gasteiger partial charge in [-0.3, -0.25) is 4.79 Å². The van der Waals surface area contributed by atoms with Gasteiger partial charge < -0.3 is 5.11 Å². The molecule has 1 saturated heterocycles. The second-order valence-corrected chi connectivity index (χ2v) is 7.35. The van der Waals surface area contributed by atoms with Crippen LogP contribution in [0.5, 0.6) is 0 Å². The Morgan fingerprint density at radius 2 is 2.16 bits per heavy atom. The summed E-state index contributed by atoms with van der Waals surface area (Å²) in [5, 5.41) is 8.55. The zero-order valence-electron chi connectivity index (χ0n) is 11.8. The second-order valence-electron chi connectivity index (χ2n) is 5.13. The maximum Gasteiger partial charge on any atom is 0.303 e. The maximum atomic E-state index is 10.4. The molecule has 1 aliphatic rings. The van der Waals surface area contributed by atoms with E-state index in [1.807, 2.05) is 0 Å². The van der Waals surface area contributed by atoms with Gasteiger partial charge in [-0.05, 0) is 60.5 Å². The SMILES string of the molecule is CCCSC[C@@H]1CSC[C@@H]1CC=CCCCC(=O)O. The van der Waals surface area contributed by atoms with Gasteiger partial charge in [0.1, 0.15) is 0 Å². The van der Waals surface area contributed by atoms with Crippen molar-refractivity contribution >= 4 is 29.5 Å². The van der Waals surface area contributed by atoms with E-state index in [1.54, 1.807) is 0 Å². The van der Waals surface area contributed by atoms with Gasteiger partial charge in [0.25, 0.3) is 0 Å². The van der Waals surface area contributed by atoms with Crippen molar-refractivity contribution in [3.63, 3.8) is 0 Å². The molecule has 1 fully saturated rings. The first-order valence-corrected chi connectivity index (χ1v) is 9.57. The summed E-state index contributed by atoms with van der Waals surface area (Å²) in [6, 6.07) is 0. The van der Waals surface area contributed by atoms with Crippen molar-refractivity contribution in [2.24, 2.45) is 11.8 Å². The maximum absolute atomic E-state index is 10.4. The van der Waals surface area contributed by atoms with E-state index in [0.717, 1.165) is 24.7 Å². The predicted octanol–water partition coefficient (Wildman–Crippen LogP) is 4.31. The van der Waals surface area contributed by atoms with Gasteiger partial charge in [-0.25, -0.2) is 0 Å². The van der Waals surface area contributed by atoms with Crippen LogP contribution in [0.2, 0.25) is 0 Å². The van der Waals surface area contributed by atoms with Crippen molar-refractivity contribution in [2.45, 2.75) is 39.0 Å². The second kappa shape index (κ2) is 10.7. The third-order valence-electron chi connectivity index (χ3n) is 3.38. The number of carbonyl (C=O) groups is 1. The van der Waals surface area contributed by atoms with Crippen molar-refractivity contribution in [3.8, 4) is 0 Å². The summed E-state index contributed by atoms with van der Waals surface area (Å²) in [7, 11) is 0. The number of thioether (sulfide) groups is 2. The summed E-state index contributed by atoms with van der Waals surface area (Å²) in [5.41, 5.74) is 0. The molecular weight excluding hydrogens is 276 g/mol. The van der Waals surface area contributed by atoms with Crippen molar-refractivity contribution < 1.29 is 9.90 Å². The molecule has 4 heteroatoms. The summed E-state index contributed by atoms with van der Waals surface area (Å²) in [5.74, 6) is 6.27. The molecule has 1 aliphatic heterocycles. The fourth-order valence-electron chi connectivity index (χ4n) is 2.23. The van der Waals surface area contributed by atoms with Crippen LogP contribution < -0.4 is 0 Å². The predicted molar refractivity (Wildman–Crippen MR) is 87.2 cm³/mol. The Morgan fingerprint density at radius 3 is 2.89 bits per heavy atom. The number of hydrogen-bond acceptors (Lipinski definition) is 3. The van der Waals surface area contributed by atoms with Crippen molar-refractivity contribution in [1.82, 2.24) is 0 Å². The summed E-state index contributed by atoms with van der Waals surface area (Å²) < 4.78 is 0. The largest absolute Gasteiger partial charge is 0.481 e. The summed E-state index contributed by atoms with van der Waals surface area (Å²) in [6.45, 7) is 2.24. The lowest BCUT2D eigenvalue weighted by molar-refractivity contribution is -0.137. The van der Waals surface area contributed by atoms with Gasteiger partial charge in [0.05, 0.1) is 0 Å². The van der Waals surface area contributed by atoms with Crippen molar-refractivity contribution in [3.05, 3.63) is 12.2 Å². The molecule has 0 aromatic carbocycles. The van der Waals surface area contributed by atoms with Gasteiger partial charge >= 0.3 is 5.97 Å². The van der Waals surface area contributed by atoms with Gasteiger partial charge in [0.2, 0.25) is 0 Å². The molecule has 110 valence electrons. The molecule has 0 radical (unpaired) electrons. The molecule has 0 aromatic heterocycles. The van der Waals surface area contributed by atoms with Gasteiger partial charge in [-0.15, -0.1) is 0 Å². The average molecular weight is 303 g/mol. The summed E-state index contributed by atoms with van der Waals surface area (Å²) in [6.07, 6.45) is 8.86. The molecule has 1 heterocycles. The van der Waals surface area contributed by atoms with E-state index >= 15 is 0 Å². The first-order valence-electron chi connectivity index (χ1n) is 7.26. The van der Waals surface area contributed by atoms with Crippen LogP contribution in [0.1, 0.15) is 39.0 Å². The van der Waals surface area contributed by atoms with Crippen LogP contribution in [0.3, 0.4) is 0 Å². The Labute approximate surface area is 125 Å². The first-order chi connectivity index (χ1) is 9.24. The molecule has 1 rings (SSSR count). The minimum absolute atomic E-state index is 0.292. The molecule has 0 amide bonds. The summed E-state index contributed by atoms with van der Waals surface area (Å²) in [4.78, 5) is 10.4. The third-order valence-corrected chi connectivity index (χ3v) is 6.07. The highest BCUT2D eigenvalue weighted by Crippen LogP contribution is 2.34. The fraction of sp³-hybridized carbons (Fsp3) is 0.800. The third kappa shape index (κ3) is 7.93. The number of carboxylic acid groups (broad SMARTS) is 1. The topological polar surface area (TPSA) is 37.3 Å². The first kappa shape index (κ1) is 17.0. The average Bonchev–Trinajstić information content (AvgIpc) is 2.81. The zero-order chi connectivity index (χ0) is 13.9. The highest BCUT2D eigenvalue weighted by Gasteiger charge is 2.26. The van der Waals surface area contributed by atoms with Crippen molar-refractivity contribution in [2.75, 3.05) is 23.0 Å². The number of allylic oxidation sites excluding steroid dienone is 2. The van der Waals surface area contributed by atoms with E-state index in [2.05, 4.69) is 42.6 Å². The van der Waals surface area contributed by atoms with E-state index in [0.29, 0.717) is 6.42 Å². The molecule has 0 aromatic rings. The Kier molecular flexibility index (Phi) is 9.52. The summed E-state index contributed by atoms with van der Waals surface area (Å²) >= 11 is 4.20. The zero-order valence-corrected chi connectivity index (χ0v) is 13.5. The smallest absolute Gasteiger partial charge is 0.303 e. The fourth-order valence-corrected chi connectivity index (χ4v) is 5.06. The van der Waals surface area contributed by atoms with Gasteiger partial charge in [-0.1, -0.05) is 19.1 Å². The highest BCUT2D eigenvalue weighted by molar-refractivity contribution is 8.00. The normalized spacial score (nSPS) is 23.2. The Morgan fingerprint density at radius 1 is 1.37 bits per heavy atom. The number of aliphatic carboxylic acids is 1. The molecule has 19 heavy (non-hydrogen) atoms. The van der Waals surface area contributed by atoms with Crippen LogP contribution >= 0.6 is 23.5 Å². The molecule has 0 unspecified atom stereocenters. The van der Waals surface area contributed by atoms with E-state index < -0.39 is 5.97 Å². The van der Waals surface area contributed by atoms with Crippen LogP contribution in [0, 0.1) is 11.8 Å². The van der Waals surface area contributed by atoms with Crippen molar-refractivity contribution in [1.29, 1.82) is 0 Å². The standard InChI is InChI=1S/C15H26O2S2/c1-2-9-18-11-14-12-19-10-13(14)7-5-3-4-6-8-15(16)17/h3,5,13-14H,2,4,6-12H2,1H3,(H,16,17)/t13-,14+/m0/s1. The monoisotopic (exact) mass is 302 g/mol. The molecule has 0 saturated carbocycles. The van der Waals surface area contributed by atoms with E-state index in [4.69, 9.17) is 5.11 Å². The Balaban J connectivity index is 2.12. The van der Waals surface area contributed by atoms with Gasteiger partial charge in [0.15, 0.2) is 0 Å².